The minimum atomic E-state index is -0.315. The number of hydrogen-bond acceptors (Lipinski definition) is 5. The van der Waals surface area contributed by atoms with E-state index in [9.17, 15) is 4.79 Å². The molecule has 2 aromatic heterocycles. The van der Waals surface area contributed by atoms with E-state index in [0.717, 1.165) is 16.7 Å². The van der Waals surface area contributed by atoms with Gasteiger partial charge in [0.2, 0.25) is 0 Å². The Bertz CT molecular complexity index is 1180. The standard InChI is InChI=1S/C24H20N4O2/c1-16-8-9-21(30-2)20(14-16)27-24(29)19-15-26-23(18-6-4-3-5-7-18)28-22(19)17-10-12-25-13-11-17/h3-15H,1-2H3,(H,27,29). The molecular formula is C24H20N4O2. The number of carbonyl (C=O) groups excluding carboxylic acids is 1. The Morgan fingerprint density at radius 1 is 0.967 bits per heavy atom. The topological polar surface area (TPSA) is 77.0 Å². The minimum Gasteiger partial charge on any atom is -0.495 e. The maximum atomic E-state index is 13.2. The molecule has 0 fully saturated rings. The first-order valence-corrected chi connectivity index (χ1v) is 9.44. The van der Waals surface area contributed by atoms with Gasteiger partial charge in [0.25, 0.3) is 5.91 Å². The molecule has 0 aliphatic carbocycles. The van der Waals surface area contributed by atoms with Crippen molar-refractivity contribution in [1.82, 2.24) is 15.0 Å². The van der Waals surface area contributed by atoms with Gasteiger partial charge in [0.1, 0.15) is 5.75 Å². The number of hydrogen-bond donors (Lipinski definition) is 1. The second-order valence-electron chi connectivity index (χ2n) is 6.72. The number of ether oxygens (including phenoxy) is 1. The molecule has 0 atom stereocenters. The Labute approximate surface area is 174 Å². The van der Waals surface area contributed by atoms with E-state index in [4.69, 9.17) is 9.72 Å². The number of nitrogens with one attached hydrogen (secondary N) is 1. The van der Waals surface area contributed by atoms with Crippen LogP contribution in [0.2, 0.25) is 0 Å². The molecule has 0 aliphatic heterocycles. The third kappa shape index (κ3) is 4.03. The molecule has 1 amide bonds. The lowest BCUT2D eigenvalue weighted by molar-refractivity contribution is 0.102. The van der Waals surface area contributed by atoms with Gasteiger partial charge in [-0.15, -0.1) is 0 Å². The molecule has 0 radical (unpaired) electrons. The van der Waals surface area contributed by atoms with E-state index < -0.39 is 0 Å². The van der Waals surface area contributed by atoms with Crippen molar-refractivity contribution >= 4 is 11.6 Å². The summed E-state index contributed by atoms with van der Waals surface area (Å²) in [6.45, 7) is 1.95. The number of carbonyl (C=O) groups is 1. The van der Waals surface area contributed by atoms with Crippen LogP contribution in [0.3, 0.4) is 0 Å². The average molecular weight is 396 g/mol. The lowest BCUT2D eigenvalue weighted by atomic mass is 10.1. The third-order valence-electron chi connectivity index (χ3n) is 4.62. The number of benzene rings is 2. The molecule has 0 spiro atoms. The van der Waals surface area contributed by atoms with Gasteiger partial charge in [-0.2, -0.15) is 0 Å². The number of aryl methyl sites for hydroxylation is 1. The van der Waals surface area contributed by atoms with Crippen LogP contribution in [0, 0.1) is 6.92 Å². The zero-order valence-corrected chi connectivity index (χ0v) is 16.7. The Kier molecular flexibility index (Phi) is 5.48. The van der Waals surface area contributed by atoms with E-state index >= 15 is 0 Å². The molecule has 4 rings (SSSR count). The van der Waals surface area contributed by atoms with Crippen LogP contribution in [0.25, 0.3) is 22.6 Å². The van der Waals surface area contributed by atoms with E-state index in [-0.39, 0.29) is 5.91 Å². The summed E-state index contributed by atoms with van der Waals surface area (Å²) in [6, 6.07) is 18.9. The smallest absolute Gasteiger partial charge is 0.259 e. The summed E-state index contributed by atoms with van der Waals surface area (Å²) in [5.41, 5.74) is 4.16. The van der Waals surface area contributed by atoms with Gasteiger partial charge in [-0.05, 0) is 36.8 Å². The molecule has 2 aromatic carbocycles. The molecule has 4 aromatic rings. The highest BCUT2D eigenvalue weighted by Crippen LogP contribution is 2.28. The van der Waals surface area contributed by atoms with Crippen LogP contribution in [-0.2, 0) is 0 Å². The molecule has 2 heterocycles. The monoisotopic (exact) mass is 396 g/mol. The first-order chi connectivity index (χ1) is 14.7. The molecule has 0 saturated carbocycles. The second kappa shape index (κ2) is 8.53. The summed E-state index contributed by atoms with van der Waals surface area (Å²) < 4.78 is 5.37. The van der Waals surface area contributed by atoms with Crippen molar-refractivity contribution < 1.29 is 9.53 Å². The number of methoxy groups -OCH3 is 1. The lowest BCUT2D eigenvalue weighted by Gasteiger charge is -2.13. The van der Waals surface area contributed by atoms with Crippen molar-refractivity contribution in [3.05, 3.63) is 90.4 Å². The third-order valence-corrected chi connectivity index (χ3v) is 4.62. The van der Waals surface area contributed by atoms with Crippen LogP contribution in [0.5, 0.6) is 5.75 Å². The van der Waals surface area contributed by atoms with Crippen molar-refractivity contribution in [3.8, 4) is 28.4 Å². The number of amides is 1. The highest BCUT2D eigenvalue weighted by molar-refractivity contribution is 6.08. The zero-order valence-electron chi connectivity index (χ0n) is 16.7. The molecular weight excluding hydrogens is 376 g/mol. The highest BCUT2D eigenvalue weighted by atomic mass is 16.5. The van der Waals surface area contributed by atoms with Crippen molar-refractivity contribution in [2.75, 3.05) is 12.4 Å². The maximum absolute atomic E-state index is 13.2. The van der Waals surface area contributed by atoms with Crippen molar-refractivity contribution in [3.63, 3.8) is 0 Å². The number of nitrogens with zero attached hydrogens (tertiary/aromatic N) is 3. The summed E-state index contributed by atoms with van der Waals surface area (Å²) in [4.78, 5) is 26.4. The fourth-order valence-electron chi connectivity index (χ4n) is 3.11. The number of pyridine rings is 1. The molecule has 148 valence electrons. The van der Waals surface area contributed by atoms with Crippen LogP contribution in [0.15, 0.2) is 79.3 Å². The summed E-state index contributed by atoms with van der Waals surface area (Å²) in [7, 11) is 1.57. The zero-order chi connectivity index (χ0) is 20.9. The first-order valence-electron chi connectivity index (χ1n) is 9.44. The molecule has 0 bridgehead atoms. The number of aromatic nitrogens is 3. The Morgan fingerprint density at radius 2 is 1.73 bits per heavy atom. The maximum Gasteiger partial charge on any atom is 0.259 e. The van der Waals surface area contributed by atoms with Gasteiger partial charge in [0.15, 0.2) is 5.82 Å². The first kappa shape index (κ1) is 19.3. The largest absolute Gasteiger partial charge is 0.495 e. The molecule has 0 unspecified atom stereocenters. The highest BCUT2D eigenvalue weighted by Gasteiger charge is 2.18. The Hall–Kier alpha value is -4.06. The summed E-state index contributed by atoms with van der Waals surface area (Å²) in [5, 5.41) is 2.93. The van der Waals surface area contributed by atoms with Gasteiger partial charge >= 0.3 is 0 Å². The van der Waals surface area contributed by atoms with Gasteiger partial charge in [0, 0.05) is 29.7 Å². The van der Waals surface area contributed by atoms with Gasteiger partial charge < -0.3 is 10.1 Å². The van der Waals surface area contributed by atoms with E-state index in [1.807, 2.05) is 67.6 Å². The predicted octanol–water partition coefficient (Wildman–Crippen LogP) is 4.77. The summed E-state index contributed by atoms with van der Waals surface area (Å²) in [5.74, 6) is 0.818. The van der Waals surface area contributed by atoms with Crippen LogP contribution in [-0.4, -0.2) is 28.0 Å². The molecule has 0 aliphatic rings. The summed E-state index contributed by atoms with van der Waals surface area (Å²) >= 11 is 0. The van der Waals surface area contributed by atoms with Gasteiger partial charge in [-0.1, -0.05) is 36.4 Å². The molecule has 30 heavy (non-hydrogen) atoms. The van der Waals surface area contributed by atoms with Crippen molar-refractivity contribution in [2.45, 2.75) is 6.92 Å². The fraction of sp³-hybridized carbons (Fsp3) is 0.0833. The second-order valence-corrected chi connectivity index (χ2v) is 6.72. The quantitative estimate of drug-likeness (QED) is 0.526. The SMILES string of the molecule is COc1ccc(C)cc1NC(=O)c1cnc(-c2ccccc2)nc1-c1ccncc1. The van der Waals surface area contributed by atoms with Gasteiger partial charge in [0.05, 0.1) is 24.1 Å². The molecule has 6 nitrogen and oxygen atoms in total. The number of rotatable bonds is 5. The van der Waals surface area contributed by atoms with Gasteiger partial charge in [-0.25, -0.2) is 9.97 Å². The lowest BCUT2D eigenvalue weighted by Crippen LogP contribution is -2.15. The predicted molar refractivity (Wildman–Crippen MR) is 116 cm³/mol. The number of anilines is 1. The van der Waals surface area contributed by atoms with E-state index in [2.05, 4.69) is 15.3 Å². The van der Waals surface area contributed by atoms with E-state index in [0.29, 0.717) is 28.5 Å². The average Bonchev–Trinajstić information content (AvgIpc) is 2.80. The van der Waals surface area contributed by atoms with Crippen LogP contribution in [0.1, 0.15) is 15.9 Å². The van der Waals surface area contributed by atoms with Crippen LogP contribution < -0.4 is 10.1 Å². The van der Waals surface area contributed by atoms with Crippen LogP contribution in [0.4, 0.5) is 5.69 Å². The fourth-order valence-corrected chi connectivity index (χ4v) is 3.11. The van der Waals surface area contributed by atoms with Crippen LogP contribution >= 0.6 is 0 Å². The Morgan fingerprint density at radius 3 is 2.47 bits per heavy atom. The Balaban J connectivity index is 1.77. The normalized spacial score (nSPS) is 10.5. The van der Waals surface area contributed by atoms with E-state index in [1.54, 1.807) is 25.7 Å². The summed E-state index contributed by atoms with van der Waals surface area (Å²) in [6.07, 6.45) is 4.90. The van der Waals surface area contributed by atoms with Crippen molar-refractivity contribution in [2.24, 2.45) is 0 Å². The van der Waals surface area contributed by atoms with Gasteiger partial charge in [-0.3, -0.25) is 9.78 Å². The molecule has 6 heteroatoms. The van der Waals surface area contributed by atoms with E-state index in [1.165, 1.54) is 0 Å². The molecule has 1 N–H and O–H groups in total. The van der Waals surface area contributed by atoms with Crippen molar-refractivity contribution in [1.29, 1.82) is 0 Å². The molecule has 0 saturated heterocycles. The minimum absolute atomic E-state index is 0.315.